The van der Waals surface area contributed by atoms with Gasteiger partial charge in [-0.3, -0.25) is 0 Å². The van der Waals surface area contributed by atoms with E-state index >= 15 is 0 Å². The van der Waals surface area contributed by atoms with Crippen molar-refractivity contribution in [3.8, 4) is 0 Å². The SMILES string of the molecule is CCNCCCS(=O)(=O)N1C[C@@H](C)O[C@@H](C)C1. The Morgan fingerprint density at radius 2 is 1.88 bits per heavy atom. The van der Waals surface area contributed by atoms with Gasteiger partial charge in [0.1, 0.15) is 0 Å². The molecule has 0 bridgehead atoms. The normalized spacial score (nSPS) is 27.2. The van der Waals surface area contributed by atoms with Gasteiger partial charge in [-0.15, -0.1) is 0 Å². The first kappa shape index (κ1) is 14.9. The van der Waals surface area contributed by atoms with E-state index < -0.39 is 10.0 Å². The molecule has 6 heteroatoms. The summed E-state index contributed by atoms with van der Waals surface area (Å²) in [4.78, 5) is 0. The number of rotatable bonds is 6. The molecule has 1 aliphatic heterocycles. The third-order valence-electron chi connectivity index (χ3n) is 2.79. The molecule has 0 radical (unpaired) electrons. The van der Waals surface area contributed by atoms with Gasteiger partial charge in [0.05, 0.1) is 18.0 Å². The summed E-state index contributed by atoms with van der Waals surface area (Å²) in [6, 6.07) is 0. The van der Waals surface area contributed by atoms with E-state index in [1.165, 1.54) is 0 Å². The highest BCUT2D eigenvalue weighted by Crippen LogP contribution is 2.15. The summed E-state index contributed by atoms with van der Waals surface area (Å²) in [5.74, 6) is 0.222. The van der Waals surface area contributed by atoms with E-state index in [4.69, 9.17) is 4.74 Å². The Morgan fingerprint density at radius 3 is 2.41 bits per heavy atom. The standard InChI is InChI=1S/C11H24N2O3S/c1-4-12-6-5-7-17(14,15)13-8-10(2)16-11(3)9-13/h10-12H,4-9H2,1-3H3/t10-,11+. The first-order valence-electron chi connectivity index (χ1n) is 6.29. The number of sulfonamides is 1. The molecule has 0 aromatic carbocycles. The number of nitrogens with zero attached hydrogens (tertiary/aromatic N) is 1. The van der Waals surface area contributed by atoms with Crippen LogP contribution in [-0.2, 0) is 14.8 Å². The smallest absolute Gasteiger partial charge is 0.214 e. The van der Waals surface area contributed by atoms with E-state index in [1.54, 1.807) is 4.31 Å². The predicted molar refractivity (Wildman–Crippen MR) is 68.5 cm³/mol. The van der Waals surface area contributed by atoms with Crippen LogP contribution in [0.3, 0.4) is 0 Å². The molecule has 0 aromatic rings. The Bertz CT molecular complexity index is 309. The molecule has 0 saturated carbocycles. The fourth-order valence-corrected chi connectivity index (χ4v) is 3.68. The number of morpholine rings is 1. The summed E-state index contributed by atoms with van der Waals surface area (Å²) in [7, 11) is -3.12. The van der Waals surface area contributed by atoms with Crippen LogP contribution in [0, 0.1) is 0 Å². The second kappa shape index (κ2) is 6.68. The summed E-state index contributed by atoms with van der Waals surface area (Å²) >= 11 is 0. The third kappa shape index (κ3) is 4.91. The first-order chi connectivity index (χ1) is 7.95. The molecule has 1 saturated heterocycles. The largest absolute Gasteiger partial charge is 0.373 e. The monoisotopic (exact) mass is 264 g/mol. The van der Waals surface area contributed by atoms with Crippen molar-refractivity contribution in [3.05, 3.63) is 0 Å². The molecule has 0 spiro atoms. The van der Waals surface area contributed by atoms with Gasteiger partial charge < -0.3 is 10.1 Å². The Balaban J connectivity index is 2.45. The zero-order valence-electron chi connectivity index (χ0n) is 11.0. The molecule has 5 nitrogen and oxygen atoms in total. The molecular weight excluding hydrogens is 240 g/mol. The molecule has 0 aromatic heterocycles. The maximum atomic E-state index is 12.1. The lowest BCUT2D eigenvalue weighted by Crippen LogP contribution is -2.48. The van der Waals surface area contributed by atoms with Gasteiger partial charge in [-0.2, -0.15) is 4.31 Å². The van der Waals surface area contributed by atoms with Crippen molar-refractivity contribution in [2.24, 2.45) is 0 Å². The number of ether oxygens (including phenoxy) is 1. The molecule has 17 heavy (non-hydrogen) atoms. The van der Waals surface area contributed by atoms with E-state index in [9.17, 15) is 8.42 Å². The summed E-state index contributed by atoms with van der Waals surface area (Å²) in [6.45, 7) is 8.44. The average molecular weight is 264 g/mol. The van der Waals surface area contributed by atoms with Crippen molar-refractivity contribution in [1.29, 1.82) is 0 Å². The Kier molecular flexibility index (Phi) is 5.85. The molecule has 102 valence electrons. The lowest BCUT2D eigenvalue weighted by atomic mass is 10.3. The topological polar surface area (TPSA) is 58.6 Å². The molecule has 1 aliphatic rings. The summed E-state index contributed by atoms with van der Waals surface area (Å²) < 4.78 is 31.3. The van der Waals surface area contributed by atoms with Crippen LogP contribution in [0.25, 0.3) is 0 Å². The van der Waals surface area contributed by atoms with Gasteiger partial charge in [-0.25, -0.2) is 8.42 Å². The van der Waals surface area contributed by atoms with E-state index in [0.29, 0.717) is 19.5 Å². The van der Waals surface area contributed by atoms with Crippen molar-refractivity contribution in [1.82, 2.24) is 9.62 Å². The molecule has 1 fully saturated rings. The Morgan fingerprint density at radius 1 is 1.29 bits per heavy atom. The van der Waals surface area contributed by atoms with Gasteiger partial charge in [0.25, 0.3) is 0 Å². The summed E-state index contributed by atoms with van der Waals surface area (Å²) in [5.41, 5.74) is 0. The van der Waals surface area contributed by atoms with Crippen LogP contribution < -0.4 is 5.32 Å². The van der Waals surface area contributed by atoms with Gasteiger partial charge in [-0.1, -0.05) is 6.92 Å². The van der Waals surface area contributed by atoms with Gasteiger partial charge in [-0.05, 0) is 33.4 Å². The quantitative estimate of drug-likeness (QED) is 0.707. The van der Waals surface area contributed by atoms with E-state index in [1.807, 2.05) is 20.8 Å². The van der Waals surface area contributed by atoms with Crippen molar-refractivity contribution in [2.75, 3.05) is 31.9 Å². The molecule has 1 heterocycles. The molecule has 1 N–H and O–H groups in total. The van der Waals surface area contributed by atoms with Crippen LogP contribution in [-0.4, -0.2) is 56.9 Å². The average Bonchev–Trinajstić information content (AvgIpc) is 2.23. The lowest BCUT2D eigenvalue weighted by molar-refractivity contribution is -0.0440. The minimum absolute atomic E-state index is 0.0118. The van der Waals surface area contributed by atoms with Gasteiger partial charge in [0, 0.05) is 13.1 Å². The molecule has 0 unspecified atom stereocenters. The second-order valence-electron chi connectivity index (χ2n) is 4.60. The summed E-state index contributed by atoms with van der Waals surface area (Å²) in [5, 5.41) is 3.13. The van der Waals surface area contributed by atoms with E-state index in [-0.39, 0.29) is 18.0 Å². The predicted octanol–water partition coefficient (Wildman–Crippen LogP) is 0.425. The molecule has 0 amide bonds. The van der Waals surface area contributed by atoms with Crippen LogP contribution in [0.5, 0.6) is 0 Å². The minimum Gasteiger partial charge on any atom is -0.373 e. The fraction of sp³-hybridized carbons (Fsp3) is 1.00. The number of hydrogen-bond donors (Lipinski definition) is 1. The maximum Gasteiger partial charge on any atom is 0.214 e. The zero-order valence-corrected chi connectivity index (χ0v) is 11.8. The van der Waals surface area contributed by atoms with Crippen LogP contribution in [0.1, 0.15) is 27.2 Å². The fourth-order valence-electron chi connectivity index (χ4n) is 2.04. The highest BCUT2D eigenvalue weighted by Gasteiger charge is 2.30. The van der Waals surface area contributed by atoms with Crippen molar-refractivity contribution in [3.63, 3.8) is 0 Å². The summed E-state index contributed by atoms with van der Waals surface area (Å²) in [6.07, 6.45) is 0.639. The molecule has 2 atom stereocenters. The highest BCUT2D eigenvalue weighted by atomic mass is 32.2. The van der Waals surface area contributed by atoms with E-state index in [0.717, 1.165) is 13.1 Å². The highest BCUT2D eigenvalue weighted by molar-refractivity contribution is 7.89. The third-order valence-corrected chi connectivity index (χ3v) is 4.67. The van der Waals surface area contributed by atoms with Crippen molar-refractivity contribution >= 4 is 10.0 Å². The number of nitrogens with one attached hydrogen (secondary N) is 1. The van der Waals surface area contributed by atoms with Gasteiger partial charge >= 0.3 is 0 Å². The molecule has 0 aliphatic carbocycles. The second-order valence-corrected chi connectivity index (χ2v) is 6.69. The van der Waals surface area contributed by atoms with Crippen LogP contribution >= 0.6 is 0 Å². The molecular formula is C11H24N2O3S. The van der Waals surface area contributed by atoms with Crippen molar-refractivity contribution in [2.45, 2.75) is 39.4 Å². The Hall–Kier alpha value is -0.170. The number of hydrogen-bond acceptors (Lipinski definition) is 4. The van der Waals surface area contributed by atoms with Crippen LogP contribution in [0.4, 0.5) is 0 Å². The lowest BCUT2D eigenvalue weighted by Gasteiger charge is -2.34. The van der Waals surface area contributed by atoms with Crippen molar-refractivity contribution < 1.29 is 13.2 Å². The van der Waals surface area contributed by atoms with Gasteiger partial charge in [0.2, 0.25) is 10.0 Å². The Labute approximate surface area is 105 Å². The first-order valence-corrected chi connectivity index (χ1v) is 7.90. The zero-order chi connectivity index (χ0) is 12.9. The van der Waals surface area contributed by atoms with Crippen LogP contribution in [0.15, 0.2) is 0 Å². The van der Waals surface area contributed by atoms with Crippen LogP contribution in [0.2, 0.25) is 0 Å². The molecule has 1 rings (SSSR count). The maximum absolute atomic E-state index is 12.1. The minimum atomic E-state index is -3.12. The van der Waals surface area contributed by atoms with Gasteiger partial charge in [0.15, 0.2) is 0 Å². The van der Waals surface area contributed by atoms with E-state index in [2.05, 4.69) is 5.32 Å².